The van der Waals surface area contributed by atoms with Crippen LogP contribution >= 0.6 is 0 Å². The quantitative estimate of drug-likeness (QED) is 0.790. The van der Waals surface area contributed by atoms with Crippen LogP contribution in [0.2, 0.25) is 0 Å². The highest BCUT2D eigenvalue weighted by molar-refractivity contribution is 6.01. The number of hydrogen-bond acceptors (Lipinski definition) is 4. The van der Waals surface area contributed by atoms with Gasteiger partial charge in [-0.2, -0.15) is 0 Å². The fourth-order valence-electron chi connectivity index (χ4n) is 2.45. The molecule has 3 rings (SSSR count). The molecule has 2 aromatic carbocycles. The maximum absolute atomic E-state index is 12.0. The minimum Gasteiger partial charge on any atom is -0.493 e. The Morgan fingerprint density at radius 1 is 1.20 bits per heavy atom. The van der Waals surface area contributed by atoms with Gasteiger partial charge in [-0.1, -0.05) is 6.07 Å². The van der Waals surface area contributed by atoms with Crippen LogP contribution in [0.4, 0.5) is 5.69 Å². The molecule has 0 unspecified atom stereocenters. The van der Waals surface area contributed by atoms with Crippen LogP contribution in [0.3, 0.4) is 0 Å². The molecule has 0 spiro atoms. The highest BCUT2D eigenvalue weighted by Gasteiger charge is 2.11. The van der Waals surface area contributed by atoms with E-state index in [2.05, 4.69) is 5.32 Å². The molecule has 6 nitrogen and oxygen atoms in total. The molecular weight excluding hydrogens is 320 g/mol. The number of fused-ring (bicyclic) bond motifs is 1. The van der Waals surface area contributed by atoms with Gasteiger partial charge in [-0.15, -0.1) is 0 Å². The van der Waals surface area contributed by atoms with Crippen molar-refractivity contribution in [2.75, 3.05) is 18.5 Å². The van der Waals surface area contributed by atoms with Crippen LogP contribution < -0.4 is 20.5 Å². The second-order valence-electron chi connectivity index (χ2n) is 5.57. The van der Waals surface area contributed by atoms with Crippen LogP contribution in [-0.4, -0.2) is 25.0 Å². The molecule has 1 aliphatic heterocycles. The number of anilines is 1. The van der Waals surface area contributed by atoms with Crippen molar-refractivity contribution in [1.82, 2.24) is 0 Å². The lowest BCUT2D eigenvalue weighted by molar-refractivity contribution is -0.120. The van der Waals surface area contributed by atoms with Crippen molar-refractivity contribution >= 4 is 23.6 Å². The number of carbonyl (C=O) groups is 2. The lowest BCUT2D eigenvalue weighted by Crippen LogP contribution is -2.20. The maximum atomic E-state index is 12.0. The standard InChI is InChI=1S/C19H18N2O4/c20-18(22)12-25-16-5-3-15(4-6-16)21-19(23)8-2-13-1-7-17-14(11-13)9-10-24-17/h1-8,11H,9-10,12H2,(H2,20,22)(H,21,23)/b8-2+. The summed E-state index contributed by atoms with van der Waals surface area (Å²) in [6.07, 6.45) is 4.14. The summed E-state index contributed by atoms with van der Waals surface area (Å²) in [5.74, 6) is 0.649. The zero-order valence-electron chi connectivity index (χ0n) is 13.5. The predicted molar refractivity (Wildman–Crippen MR) is 94.4 cm³/mol. The molecule has 2 aromatic rings. The second kappa shape index (κ2) is 7.53. The van der Waals surface area contributed by atoms with Gasteiger partial charge >= 0.3 is 0 Å². The van der Waals surface area contributed by atoms with E-state index in [1.165, 1.54) is 6.08 Å². The highest BCUT2D eigenvalue weighted by Crippen LogP contribution is 2.26. The molecule has 0 saturated carbocycles. The number of nitrogens with one attached hydrogen (secondary N) is 1. The number of amides is 2. The molecule has 0 aromatic heterocycles. The lowest BCUT2D eigenvalue weighted by Gasteiger charge is -2.06. The first-order valence-electron chi connectivity index (χ1n) is 7.86. The van der Waals surface area contributed by atoms with E-state index in [1.807, 2.05) is 18.2 Å². The molecule has 1 aliphatic rings. The third kappa shape index (κ3) is 4.60. The first-order valence-corrected chi connectivity index (χ1v) is 7.86. The summed E-state index contributed by atoms with van der Waals surface area (Å²) in [4.78, 5) is 22.7. The Bertz CT molecular complexity index is 813. The van der Waals surface area contributed by atoms with Gasteiger partial charge in [0.05, 0.1) is 6.61 Å². The Balaban J connectivity index is 1.56. The fraction of sp³-hybridized carbons (Fsp3) is 0.158. The van der Waals surface area contributed by atoms with Crippen molar-refractivity contribution in [3.63, 3.8) is 0 Å². The molecular formula is C19H18N2O4. The third-order valence-corrected chi connectivity index (χ3v) is 3.64. The predicted octanol–water partition coefficient (Wildman–Crippen LogP) is 2.14. The summed E-state index contributed by atoms with van der Waals surface area (Å²) in [6, 6.07) is 12.6. The van der Waals surface area contributed by atoms with Crippen LogP contribution in [0.5, 0.6) is 11.5 Å². The minimum absolute atomic E-state index is 0.180. The second-order valence-corrected chi connectivity index (χ2v) is 5.57. The topological polar surface area (TPSA) is 90.7 Å². The monoisotopic (exact) mass is 338 g/mol. The molecule has 0 atom stereocenters. The molecule has 0 saturated heterocycles. The van der Waals surface area contributed by atoms with E-state index < -0.39 is 5.91 Å². The Hall–Kier alpha value is -3.28. The molecule has 0 fully saturated rings. The van der Waals surface area contributed by atoms with Crippen molar-refractivity contribution in [2.45, 2.75) is 6.42 Å². The zero-order valence-corrected chi connectivity index (χ0v) is 13.5. The molecule has 128 valence electrons. The smallest absolute Gasteiger partial charge is 0.255 e. The van der Waals surface area contributed by atoms with E-state index in [0.717, 1.165) is 23.3 Å². The first kappa shape index (κ1) is 16.6. The van der Waals surface area contributed by atoms with Crippen LogP contribution in [0.1, 0.15) is 11.1 Å². The summed E-state index contributed by atoms with van der Waals surface area (Å²) in [5.41, 5.74) is 7.75. The van der Waals surface area contributed by atoms with E-state index >= 15 is 0 Å². The van der Waals surface area contributed by atoms with Gasteiger partial charge in [0.25, 0.3) is 5.91 Å². The molecule has 0 aliphatic carbocycles. The average Bonchev–Trinajstić information content (AvgIpc) is 3.07. The summed E-state index contributed by atoms with van der Waals surface area (Å²) in [6.45, 7) is 0.530. The van der Waals surface area contributed by atoms with Gasteiger partial charge in [0.1, 0.15) is 11.5 Å². The van der Waals surface area contributed by atoms with Gasteiger partial charge < -0.3 is 20.5 Å². The summed E-state index contributed by atoms with van der Waals surface area (Å²) < 4.78 is 10.6. The van der Waals surface area contributed by atoms with Gasteiger partial charge in [-0.3, -0.25) is 9.59 Å². The normalized spacial score (nSPS) is 12.5. The third-order valence-electron chi connectivity index (χ3n) is 3.64. The number of primary amides is 1. The first-order chi connectivity index (χ1) is 12.1. The number of nitrogens with two attached hydrogens (primary N) is 1. The van der Waals surface area contributed by atoms with Gasteiger partial charge in [0.15, 0.2) is 6.61 Å². The molecule has 1 heterocycles. The minimum atomic E-state index is -0.541. The molecule has 3 N–H and O–H groups in total. The lowest BCUT2D eigenvalue weighted by atomic mass is 10.1. The molecule has 0 bridgehead atoms. The van der Waals surface area contributed by atoms with E-state index in [0.29, 0.717) is 18.0 Å². The van der Waals surface area contributed by atoms with Crippen molar-refractivity contribution < 1.29 is 19.1 Å². The average molecular weight is 338 g/mol. The van der Waals surface area contributed by atoms with Crippen LogP contribution in [0.15, 0.2) is 48.5 Å². The van der Waals surface area contributed by atoms with Crippen molar-refractivity contribution in [1.29, 1.82) is 0 Å². The zero-order chi connectivity index (χ0) is 17.6. The Kier molecular flexibility index (Phi) is 4.99. The van der Waals surface area contributed by atoms with E-state index in [4.69, 9.17) is 15.2 Å². The van der Waals surface area contributed by atoms with Crippen LogP contribution in [-0.2, 0) is 16.0 Å². The van der Waals surface area contributed by atoms with Gasteiger partial charge in [-0.25, -0.2) is 0 Å². The SMILES string of the molecule is NC(=O)COc1ccc(NC(=O)/C=C/c2ccc3c(c2)CCO3)cc1. The largest absolute Gasteiger partial charge is 0.493 e. The van der Waals surface area contributed by atoms with Crippen LogP contribution in [0, 0.1) is 0 Å². The van der Waals surface area contributed by atoms with E-state index in [-0.39, 0.29) is 12.5 Å². The van der Waals surface area contributed by atoms with Crippen LogP contribution in [0.25, 0.3) is 6.08 Å². The van der Waals surface area contributed by atoms with E-state index in [9.17, 15) is 9.59 Å². The summed E-state index contributed by atoms with van der Waals surface area (Å²) in [7, 11) is 0. The van der Waals surface area contributed by atoms with E-state index in [1.54, 1.807) is 30.3 Å². The molecule has 0 radical (unpaired) electrons. The summed E-state index contributed by atoms with van der Waals surface area (Å²) >= 11 is 0. The number of ether oxygens (including phenoxy) is 2. The number of rotatable bonds is 6. The van der Waals surface area contributed by atoms with Crippen molar-refractivity contribution in [2.24, 2.45) is 5.73 Å². The van der Waals surface area contributed by atoms with Crippen molar-refractivity contribution in [3.05, 3.63) is 59.7 Å². The maximum Gasteiger partial charge on any atom is 0.255 e. The van der Waals surface area contributed by atoms with Crippen molar-refractivity contribution in [3.8, 4) is 11.5 Å². The van der Waals surface area contributed by atoms with Gasteiger partial charge in [0.2, 0.25) is 5.91 Å². The summed E-state index contributed by atoms with van der Waals surface area (Å²) in [5, 5.41) is 2.76. The Labute approximate surface area is 145 Å². The number of carbonyl (C=O) groups excluding carboxylic acids is 2. The molecule has 25 heavy (non-hydrogen) atoms. The van der Waals surface area contributed by atoms with Gasteiger partial charge in [-0.05, 0) is 53.6 Å². The molecule has 6 heteroatoms. The number of benzene rings is 2. The Morgan fingerprint density at radius 3 is 2.76 bits per heavy atom. The highest BCUT2D eigenvalue weighted by atomic mass is 16.5. The Morgan fingerprint density at radius 2 is 2.00 bits per heavy atom. The fourth-order valence-corrected chi connectivity index (χ4v) is 2.45. The number of hydrogen-bond donors (Lipinski definition) is 2. The van der Waals surface area contributed by atoms with Gasteiger partial charge in [0, 0.05) is 18.2 Å². The molecule has 2 amide bonds.